The van der Waals surface area contributed by atoms with Crippen molar-refractivity contribution in [3.05, 3.63) is 78.2 Å². The third kappa shape index (κ3) is 5.70. The van der Waals surface area contributed by atoms with E-state index in [0.717, 1.165) is 42.4 Å². The summed E-state index contributed by atoms with van der Waals surface area (Å²) >= 11 is 0. The third-order valence-electron chi connectivity index (χ3n) is 7.58. The zero-order valence-electron chi connectivity index (χ0n) is 22.2. The van der Waals surface area contributed by atoms with Gasteiger partial charge in [-0.25, -0.2) is 9.37 Å². The Morgan fingerprint density at radius 1 is 0.925 bits per heavy atom. The van der Waals surface area contributed by atoms with Crippen molar-refractivity contribution < 1.29 is 19.0 Å². The van der Waals surface area contributed by atoms with Crippen molar-refractivity contribution in [2.75, 3.05) is 41.3 Å². The minimum Gasteiger partial charge on any atom is -0.438 e. The lowest BCUT2D eigenvalue weighted by atomic mass is 10.1. The van der Waals surface area contributed by atoms with E-state index in [0.29, 0.717) is 49.2 Å². The topological polar surface area (TPSA) is 90.8 Å². The van der Waals surface area contributed by atoms with Crippen LogP contribution in [0.15, 0.2) is 66.9 Å². The Balaban J connectivity index is 1.23. The Morgan fingerprint density at radius 3 is 2.50 bits per heavy atom. The second kappa shape index (κ2) is 11.5. The van der Waals surface area contributed by atoms with Crippen molar-refractivity contribution in [2.45, 2.75) is 38.2 Å². The SMILES string of the molecule is O=C(Nc1ccc(Oc2ccnc(N3CCC(O)CC3)n2)c2ccccc12)c1cc(F)cc(N2CCCCC2)c1. The number of anilines is 3. The van der Waals surface area contributed by atoms with Gasteiger partial charge in [0.1, 0.15) is 11.6 Å². The van der Waals surface area contributed by atoms with Crippen molar-refractivity contribution in [1.29, 1.82) is 0 Å². The van der Waals surface area contributed by atoms with Crippen LogP contribution < -0.4 is 19.9 Å². The Hall–Kier alpha value is -4.24. The highest BCUT2D eigenvalue weighted by Gasteiger charge is 2.20. The molecule has 6 rings (SSSR count). The van der Waals surface area contributed by atoms with Gasteiger partial charge in [-0.15, -0.1) is 0 Å². The van der Waals surface area contributed by atoms with E-state index in [2.05, 4.69) is 20.2 Å². The molecule has 40 heavy (non-hydrogen) atoms. The lowest BCUT2D eigenvalue weighted by molar-refractivity contribution is 0.102. The zero-order valence-corrected chi connectivity index (χ0v) is 22.2. The molecule has 3 heterocycles. The second-order valence-corrected chi connectivity index (χ2v) is 10.4. The van der Waals surface area contributed by atoms with Gasteiger partial charge < -0.3 is 25.0 Å². The number of benzene rings is 3. The van der Waals surface area contributed by atoms with E-state index >= 15 is 0 Å². The first-order valence-corrected chi connectivity index (χ1v) is 13.9. The maximum absolute atomic E-state index is 14.5. The van der Waals surface area contributed by atoms with E-state index < -0.39 is 5.82 Å². The number of nitrogens with one attached hydrogen (secondary N) is 1. The first kappa shape index (κ1) is 26.0. The average molecular weight is 542 g/mol. The Labute approximate surface area is 232 Å². The molecule has 1 amide bonds. The number of piperidine rings is 2. The number of aromatic nitrogens is 2. The molecular weight excluding hydrogens is 509 g/mol. The van der Waals surface area contributed by atoms with Crippen molar-refractivity contribution >= 4 is 34.0 Å². The minimum atomic E-state index is -0.424. The highest BCUT2D eigenvalue weighted by atomic mass is 19.1. The molecule has 8 nitrogen and oxygen atoms in total. The maximum atomic E-state index is 14.5. The molecule has 1 aromatic heterocycles. The standard InChI is InChI=1S/C31H32FN5O3/c32-22-18-21(19-23(20-22)36-14-4-1-5-15-36)30(39)34-27-8-9-28(26-7-3-2-6-25(26)27)40-29-10-13-33-31(35-29)37-16-11-24(38)12-17-37/h2-3,6-10,13,18-20,24,38H,1,4-5,11-12,14-17H2,(H,34,39). The fraction of sp³-hybridized carbons (Fsp3) is 0.323. The van der Waals surface area contributed by atoms with Crippen LogP contribution in [0.5, 0.6) is 11.6 Å². The summed E-state index contributed by atoms with van der Waals surface area (Å²) in [4.78, 5) is 26.4. The molecule has 3 aromatic carbocycles. The molecule has 0 spiro atoms. The van der Waals surface area contributed by atoms with Crippen molar-refractivity contribution in [3.8, 4) is 11.6 Å². The number of aliphatic hydroxyl groups excluding tert-OH is 1. The molecule has 0 saturated carbocycles. The van der Waals surface area contributed by atoms with Gasteiger partial charge in [-0.05, 0) is 62.4 Å². The summed E-state index contributed by atoms with van der Waals surface area (Å²) in [5.41, 5.74) is 1.62. The normalized spacial score (nSPS) is 16.2. The van der Waals surface area contributed by atoms with Crippen LogP contribution >= 0.6 is 0 Å². The minimum absolute atomic E-state index is 0.279. The second-order valence-electron chi connectivity index (χ2n) is 10.4. The van der Waals surface area contributed by atoms with E-state index in [9.17, 15) is 14.3 Å². The average Bonchev–Trinajstić information content (AvgIpc) is 2.99. The van der Waals surface area contributed by atoms with Gasteiger partial charge in [0.15, 0.2) is 0 Å². The molecule has 206 valence electrons. The number of carbonyl (C=O) groups is 1. The van der Waals surface area contributed by atoms with Crippen LogP contribution in [0.1, 0.15) is 42.5 Å². The molecule has 0 aliphatic carbocycles. The number of nitrogens with zero attached hydrogens (tertiary/aromatic N) is 4. The third-order valence-corrected chi connectivity index (χ3v) is 7.58. The van der Waals surface area contributed by atoms with Crippen LogP contribution in [0.2, 0.25) is 0 Å². The molecule has 0 bridgehead atoms. The highest BCUT2D eigenvalue weighted by Crippen LogP contribution is 2.35. The van der Waals surface area contributed by atoms with Gasteiger partial charge in [0.05, 0.1) is 6.10 Å². The fourth-order valence-electron chi connectivity index (χ4n) is 5.42. The van der Waals surface area contributed by atoms with E-state index in [-0.39, 0.29) is 17.6 Å². The smallest absolute Gasteiger partial charge is 0.255 e. The van der Waals surface area contributed by atoms with E-state index in [1.807, 2.05) is 29.2 Å². The number of carbonyl (C=O) groups excluding carboxylic acids is 1. The predicted octanol–water partition coefficient (Wildman–Crippen LogP) is 5.76. The monoisotopic (exact) mass is 541 g/mol. The number of amides is 1. The Kier molecular flexibility index (Phi) is 7.46. The summed E-state index contributed by atoms with van der Waals surface area (Å²) in [5.74, 6) is 0.764. The van der Waals surface area contributed by atoms with E-state index in [4.69, 9.17) is 4.74 Å². The van der Waals surface area contributed by atoms with Crippen LogP contribution in [0, 0.1) is 5.82 Å². The van der Waals surface area contributed by atoms with Crippen molar-refractivity contribution in [2.24, 2.45) is 0 Å². The number of ether oxygens (including phenoxy) is 1. The lowest BCUT2D eigenvalue weighted by Gasteiger charge is -2.29. The van der Waals surface area contributed by atoms with E-state index in [1.165, 1.54) is 18.6 Å². The molecule has 4 aromatic rings. The summed E-state index contributed by atoms with van der Waals surface area (Å²) in [7, 11) is 0. The molecule has 2 fully saturated rings. The fourth-order valence-corrected chi connectivity index (χ4v) is 5.42. The molecule has 9 heteroatoms. The van der Waals surface area contributed by atoms with Crippen LogP contribution in [0.4, 0.5) is 21.7 Å². The van der Waals surface area contributed by atoms with Gasteiger partial charge >= 0.3 is 0 Å². The van der Waals surface area contributed by atoms with Crippen LogP contribution in [0.25, 0.3) is 10.8 Å². The zero-order chi connectivity index (χ0) is 27.5. The number of halogens is 1. The number of fused-ring (bicyclic) bond motifs is 1. The molecule has 0 radical (unpaired) electrons. The first-order chi connectivity index (χ1) is 19.5. The number of aliphatic hydroxyl groups is 1. The van der Waals surface area contributed by atoms with Gasteiger partial charge in [0, 0.05) is 66.2 Å². The summed E-state index contributed by atoms with van der Waals surface area (Å²) in [6, 6.07) is 17.5. The largest absolute Gasteiger partial charge is 0.438 e. The Morgan fingerprint density at radius 2 is 1.70 bits per heavy atom. The highest BCUT2D eigenvalue weighted by molar-refractivity contribution is 6.10. The number of hydrogen-bond donors (Lipinski definition) is 2. The Bertz CT molecular complexity index is 1520. The summed E-state index contributed by atoms with van der Waals surface area (Å²) < 4.78 is 20.7. The number of rotatable bonds is 6. The van der Waals surface area contributed by atoms with Crippen molar-refractivity contribution in [3.63, 3.8) is 0 Å². The van der Waals surface area contributed by atoms with Gasteiger partial charge in [0.25, 0.3) is 5.91 Å². The summed E-state index contributed by atoms with van der Waals surface area (Å²) in [5, 5.41) is 14.4. The van der Waals surface area contributed by atoms with Gasteiger partial charge in [0.2, 0.25) is 11.8 Å². The van der Waals surface area contributed by atoms with Gasteiger partial charge in [-0.1, -0.05) is 24.3 Å². The molecule has 2 aliphatic heterocycles. The van der Waals surface area contributed by atoms with Crippen molar-refractivity contribution in [1.82, 2.24) is 9.97 Å². The predicted molar refractivity (Wildman–Crippen MR) is 154 cm³/mol. The summed E-state index contributed by atoms with van der Waals surface area (Å²) in [6.07, 6.45) is 6.06. The quantitative estimate of drug-likeness (QED) is 0.321. The molecule has 2 saturated heterocycles. The molecule has 2 N–H and O–H groups in total. The van der Waals surface area contributed by atoms with Gasteiger partial charge in [-0.2, -0.15) is 4.98 Å². The van der Waals surface area contributed by atoms with E-state index in [1.54, 1.807) is 30.5 Å². The molecule has 2 aliphatic rings. The number of hydrogen-bond acceptors (Lipinski definition) is 7. The van der Waals surface area contributed by atoms with Crippen LogP contribution in [-0.4, -0.2) is 53.3 Å². The maximum Gasteiger partial charge on any atom is 0.255 e. The molecule has 0 unspecified atom stereocenters. The van der Waals surface area contributed by atoms with Gasteiger partial charge in [-0.3, -0.25) is 4.79 Å². The molecule has 0 atom stereocenters. The van der Waals surface area contributed by atoms with Crippen LogP contribution in [0.3, 0.4) is 0 Å². The summed E-state index contributed by atoms with van der Waals surface area (Å²) in [6.45, 7) is 3.11. The molecular formula is C31H32FN5O3. The van der Waals surface area contributed by atoms with Crippen LogP contribution in [-0.2, 0) is 0 Å². The lowest BCUT2D eigenvalue weighted by Crippen LogP contribution is -2.36. The first-order valence-electron chi connectivity index (χ1n) is 13.9.